The first-order valence-electron chi connectivity index (χ1n) is 6.61. The van der Waals surface area contributed by atoms with Crippen molar-refractivity contribution in [3.05, 3.63) is 29.6 Å². The minimum Gasteiger partial charge on any atom is -0.454 e. The normalized spacial score (nSPS) is 12.5. The zero-order valence-corrected chi connectivity index (χ0v) is 11.8. The van der Waals surface area contributed by atoms with Gasteiger partial charge in [0.2, 0.25) is 6.79 Å². The Hall–Kier alpha value is -2.70. The molecule has 0 unspecified atom stereocenters. The molecule has 21 heavy (non-hydrogen) atoms. The van der Waals surface area contributed by atoms with Crippen molar-refractivity contribution in [2.45, 2.75) is 13.3 Å². The highest BCUT2D eigenvalue weighted by Crippen LogP contribution is 2.36. The second-order valence-electron chi connectivity index (χ2n) is 4.76. The largest absolute Gasteiger partial charge is 0.454 e. The Bertz CT molecular complexity index is 708. The average Bonchev–Trinajstić information content (AvgIpc) is 3.03. The van der Waals surface area contributed by atoms with Gasteiger partial charge >= 0.3 is 0 Å². The van der Waals surface area contributed by atoms with Crippen molar-refractivity contribution in [1.82, 2.24) is 9.78 Å². The molecule has 0 saturated heterocycles. The van der Waals surface area contributed by atoms with Crippen LogP contribution in [0.2, 0.25) is 0 Å². The highest BCUT2D eigenvalue weighted by molar-refractivity contribution is 6.08. The molecule has 7 heteroatoms. The van der Waals surface area contributed by atoms with Crippen LogP contribution in [0.3, 0.4) is 0 Å². The standard InChI is InChI=1S/C14H16N4O3/c1-3-10-11(6-18(2)17-10)16-14(19)8-4-12-13(5-9(8)15)21-7-20-12/h4-6H,3,7,15H2,1-2H3,(H,16,19). The Morgan fingerprint density at radius 2 is 2.14 bits per heavy atom. The van der Waals surface area contributed by atoms with Crippen LogP contribution in [0.1, 0.15) is 23.0 Å². The third kappa shape index (κ3) is 2.37. The second-order valence-corrected chi connectivity index (χ2v) is 4.76. The number of aryl methyl sites for hydroxylation is 2. The molecule has 1 aliphatic heterocycles. The van der Waals surface area contributed by atoms with Gasteiger partial charge in [-0.25, -0.2) is 0 Å². The quantitative estimate of drug-likeness (QED) is 0.836. The zero-order valence-electron chi connectivity index (χ0n) is 11.8. The van der Waals surface area contributed by atoms with Gasteiger partial charge in [-0.05, 0) is 12.5 Å². The molecular formula is C14H16N4O3. The van der Waals surface area contributed by atoms with Crippen LogP contribution in [-0.4, -0.2) is 22.5 Å². The topological polar surface area (TPSA) is 91.4 Å². The van der Waals surface area contributed by atoms with E-state index in [2.05, 4.69) is 10.4 Å². The highest BCUT2D eigenvalue weighted by atomic mass is 16.7. The lowest BCUT2D eigenvalue weighted by Gasteiger charge is -2.08. The van der Waals surface area contributed by atoms with Crippen molar-refractivity contribution in [2.75, 3.05) is 17.8 Å². The maximum absolute atomic E-state index is 12.4. The molecule has 110 valence electrons. The van der Waals surface area contributed by atoms with Gasteiger partial charge in [0.15, 0.2) is 11.5 Å². The summed E-state index contributed by atoms with van der Waals surface area (Å²) in [6.07, 6.45) is 2.49. The van der Waals surface area contributed by atoms with Gasteiger partial charge in [-0.3, -0.25) is 9.48 Å². The summed E-state index contributed by atoms with van der Waals surface area (Å²) in [5.74, 6) is 0.782. The van der Waals surface area contributed by atoms with Gasteiger partial charge in [0.1, 0.15) is 0 Å². The molecule has 1 aromatic carbocycles. The number of aromatic nitrogens is 2. The van der Waals surface area contributed by atoms with Crippen LogP contribution in [0.5, 0.6) is 11.5 Å². The number of fused-ring (bicyclic) bond motifs is 1. The molecule has 0 fully saturated rings. The molecule has 0 spiro atoms. The van der Waals surface area contributed by atoms with Crippen molar-refractivity contribution in [3.8, 4) is 11.5 Å². The van der Waals surface area contributed by atoms with Gasteiger partial charge < -0.3 is 20.5 Å². The number of anilines is 2. The fourth-order valence-electron chi connectivity index (χ4n) is 2.24. The van der Waals surface area contributed by atoms with Crippen LogP contribution >= 0.6 is 0 Å². The molecular weight excluding hydrogens is 272 g/mol. The maximum atomic E-state index is 12.4. The summed E-state index contributed by atoms with van der Waals surface area (Å²) in [7, 11) is 1.81. The van der Waals surface area contributed by atoms with E-state index in [-0.39, 0.29) is 12.7 Å². The molecule has 0 aliphatic carbocycles. The fraction of sp³-hybridized carbons (Fsp3) is 0.286. The Balaban J connectivity index is 1.89. The molecule has 1 aliphatic rings. The van der Waals surface area contributed by atoms with Crippen LogP contribution in [-0.2, 0) is 13.5 Å². The van der Waals surface area contributed by atoms with E-state index in [1.54, 1.807) is 23.0 Å². The molecule has 0 bridgehead atoms. The first-order valence-corrected chi connectivity index (χ1v) is 6.61. The number of benzene rings is 1. The summed E-state index contributed by atoms with van der Waals surface area (Å²) in [4.78, 5) is 12.4. The molecule has 3 rings (SSSR count). The van der Waals surface area contributed by atoms with E-state index in [0.29, 0.717) is 28.4 Å². The molecule has 7 nitrogen and oxygen atoms in total. The van der Waals surface area contributed by atoms with E-state index in [0.717, 1.165) is 12.1 Å². The lowest BCUT2D eigenvalue weighted by molar-refractivity contribution is 0.102. The van der Waals surface area contributed by atoms with Crippen molar-refractivity contribution in [2.24, 2.45) is 7.05 Å². The van der Waals surface area contributed by atoms with E-state index in [1.807, 2.05) is 14.0 Å². The maximum Gasteiger partial charge on any atom is 0.257 e. The Morgan fingerprint density at radius 1 is 1.43 bits per heavy atom. The predicted molar refractivity (Wildman–Crippen MR) is 77.5 cm³/mol. The second kappa shape index (κ2) is 5.01. The van der Waals surface area contributed by atoms with Crippen LogP contribution in [0.15, 0.2) is 18.3 Å². The lowest BCUT2D eigenvalue weighted by Crippen LogP contribution is -2.14. The summed E-state index contributed by atoms with van der Waals surface area (Å²) >= 11 is 0. The summed E-state index contributed by atoms with van der Waals surface area (Å²) in [6.45, 7) is 2.12. The molecule has 1 amide bonds. The van der Waals surface area contributed by atoms with E-state index in [4.69, 9.17) is 15.2 Å². The molecule has 1 aromatic heterocycles. The van der Waals surface area contributed by atoms with Crippen molar-refractivity contribution < 1.29 is 14.3 Å². The van der Waals surface area contributed by atoms with Crippen LogP contribution in [0.4, 0.5) is 11.4 Å². The number of carbonyl (C=O) groups excluding carboxylic acids is 1. The zero-order chi connectivity index (χ0) is 15.0. The van der Waals surface area contributed by atoms with Crippen molar-refractivity contribution in [3.63, 3.8) is 0 Å². The third-order valence-electron chi connectivity index (χ3n) is 3.28. The van der Waals surface area contributed by atoms with E-state index >= 15 is 0 Å². The van der Waals surface area contributed by atoms with Crippen molar-refractivity contribution >= 4 is 17.3 Å². The molecule has 2 heterocycles. The first kappa shape index (κ1) is 13.3. The van der Waals surface area contributed by atoms with Gasteiger partial charge in [0.25, 0.3) is 5.91 Å². The lowest BCUT2D eigenvalue weighted by atomic mass is 10.1. The summed E-state index contributed by atoms with van der Waals surface area (Å²) < 4.78 is 12.2. The number of ether oxygens (including phenoxy) is 2. The number of hydrogen-bond acceptors (Lipinski definition) is 5. The van der Waals surface area contributed by atoms with Crippen molar-refractivity contribution in [1.29, 1.82) is 0 Å². The number of nitrogens with one attached hydrogen (secondary N) is 1. The SMILES string of the molecule is CCc1nn(C)cc1NC(=O)c1cc2c(cc1N)OCO2. The number of nitrogens with two attached hydrogens (primary N) is 1. The van der Waals surface area contributed by atoms with E-state index < -0.39 is 0 Å². The first-order chi connectivity index (χ1) is 10.1. The molecule has 0 radical (unpaired) electrons. The van der Waals surface area contributed by atoms with E-state index in [9.17, 15) is 4.79 Å². The molecule has 3 N–H and O–H groups in total. The summed E-state index contributed by atoms with van der Waals surface area (Å²) in [5, 5.41) is 7.11. The molecule has 2 aromatic rings. The monoisotopic (exact) mass is 288 g/mol. The number of hydrogen-bond donors (Lipinski definition) is 2. The summed E-state index contributed by atoms with van der Waals surface area (Å²) in [5.41, 5.74) is 8.11. The minimum atomic E-state index is -0.298. The van der Waals surface area contributed by atoms with Gasteiger partial charge in [-0.1, -0.05) is 6.92 Å². The number of amides is 1. The van der Waals surface area contributed by atoms with Gasteiger partial charge in [0.05, 0.1) is 16.9 Å². The van der Waals surface area contributed by atoms with E-state index in [1.165, 1.54) is 0 Å². The number of nitrogen functional groups attached to an aromatic ring is 1. The van der Waals surface area contributed by atoms with Gasteiger partial charge in [-0.15, -0.1) is 0 Å². The number of nitrogens with zero attached hydrogens (tertiary/aromatic N) is 2. The van der Waals surface area contributed by atoms with Crippen LogP contribution < -0.4 is 20.5 Å². The number of carbonyl (C=O) groups is 1. The third-order valence-corrected chi connectivity index (χ3v) is 3.28. The Labute approximate surface area is 121 Å². The predicted octanol–water partition coefficient (Wildman–Crippen LogP) is 1.55. The van der Waals surface area contributed by atoms with Gasteiger partial charge in [0, 0.05) is 25.0 Å². The van der Waals surface area contributed by atoms with Gasteiger partial charge in [-0.2, -0.15) is 5.10 Å². The average molecular weight is 288 g/mol. The minimum absolute atomic E-state index is 0.141. The fourth-order valence-corrected chi connectivity index (χ4v) is 2.24. The van der Waals surface area contributed by atoms with Crippen LogP contribution in [0, 0.1) is 0 Å². The Kier molecular flexibility index (Phi) is 3.17. The smallest absolute Gasteiger partial charge is 0.257 e. The summed E-state index contributed by atoms with van der Waals surface area (Å²) in [6, 6.07) is 3.19. The molecule has 0 saturated carbocycles. The molecule has 0 atom stereocenters. The van der Waals surface area contributed by atoms with Crippen LogP contribution in [0.25, 0.3) is 0 Å². The Morgan fingerprint density at radius 3 is 2.86 bits per heavy atom. The highest BCUT2D eigenvalue weighted by Gasteiger charge is 2.20. The number of rotatable bonds is 3.